The summed E-state index contributed by atoms with van der Waals surface area (Å²) in [4.78, 5) is 11.5. The molecule has 0 atom stereocenters. The molecule has 3 nitrogen and oxygen atoms in total. The molecular weight excluding hydrogens is 216 g/mol. The van der Waals surface area contributed by atoms with Crippen LogP contribution in [-0.2, 0) is 14.3 Å². The van der Waals surface area contributed by atoms with Crippen LogP contribution in [0.15, 0.2) is 0 Å². The molecular formula is C14H28O3. The van der Waals surface area contributed by atoms with Crippen molar-refractivity contribution in [2.24, 2.45) is 0 Å². The fraction of sp³-hybridized carbons (Fsp3) is 0.929. The predicted octanol–water partition coefficient (Wildman–Crippen LogP) is 3.36. The number of Topliss-reactive ketones (excluding diaryl/α,β-unsaturated/α-hetero) is 1. The smallest absolute Gasteiger partial charge is 0.135 e. The average molecular weight is 244 g/mol. The number of hydrogen-bond acceptors (Lipinski definition) is 3. The Morgan fingerprint density at radius 3 is 1.76 bits per heavy atom. The zero-order chi connectivity index (χ0) is 13.5. The summed E-state index contributed by atoms with van der Waals surface area (Å²) >= 11 is 0. The van der Waals surface area contributed by atoms with Crippen LogP contribution in [0.3, 0.4) is 0 Å². The number of carbonyl (C=O) groups is 1. The summed E-state index contributed by atoms with van der Waals surface area (Å²) in [6.07, 6.45) is 1.89. The van der Waals surface area contributed by atoms with Crippen LogP contribution in [0.2, 0.25) is 0 Å². The maximum absolute atomic E-state index is 11.5. The highest BCUT2D eigenvalue weighted by molar-refractivity contribution is 5.78. The Kier molecular flexibility index (Phi) is 6.95. The first kappa shape index (κ1) is 16.6. The van der Waals surface area contributed by atoms with E-state index in [-0.39, 0.29) is 17.0 Å². The zero-order valence-corrected chi connectivity index (χ0v) is 12.3. The van der Waals surface area contributed by atoms with E-state index in [2.05, 4.69) is 0 Å². The molecule has 0 aromatic heterocycles. The first-order valence-corrected chi connectivity index (χ1v) is 6.40. The molecule has 0 saturated carbocycles. The van der Waals surface area contributed by atoms with Crippen molar-refractivity contribution in [1.82, 2.24) is 0 Å². The van der Waals surface area contributed by atoms with E-state index >= 15 is 0 Å². The molecule has 0 fully saturated rings. The van der Waals surface area contributed by atoms with Crippen LogP contribution in [0.25, 0.3) is 0 Å². The lowest BCUT2D eigenvalue weighted by molar-refractivity contribution is -0.122. The molecule has 0 radical (unpaired) electrons. The normalized spacial score (nSPS) is 12.8. The fourth-order valence-electron chi connectivity index (χ4n) is 1.24. The predicted molar refractivity (Wildman–Crippen MR) is 70.3 cm³/mol. The van der Waals surface area contributed by atoms with E-state index in [0.717, 1.165) is 6.42 Å². The maximum Gasteiger partial charge on any atom is 0.135 e. The van der Waals surface area contributed by atoms with Crippen molar-refractivity contribution in [3.8, 4) is 0 Å². The number of rotatable bonds is 7. The molecule has 0 N–H and O–H groups in total. The fourth-order valence-corrected chi connectivity index (χ4v) is 1.24. The minimum Gasteiger partial charge on any atom is -0.376 e. The Morgan fingerprint density at radius 1 is 0.824 bits per heavy atom. The topological polar surface area (TPSA) is 35.5 Å². The third kappa shape index (κ3) is 13.5. The molecule has 3 heteroatoms. The minimum absolute atomic E-state index is 0.113. The number of ether oxygens (including phenoxy) is 2. The molecule has 0 spiro atoms. The highest BCUT2D eigenvalue weighted by Gasteiger charge is 2.12. The second-order valence-corrected chi connectivity index (χ2v) is 6.31. The Bertz CT molecular complexity index is 221. The Hall–Kier alpha value is -0.410. The quantitative estimate of drug-likeness (QED) is 0.644. The van der Waals surface area contributed by atoms with Gasteiger partial charge < -0.3 is 9.47 Å². The highest BCUT2D eigenvalue weighted by Crippen LogP contribution is 2.09. The number of carbonyl (C=O) groups excluding carboxylic acids is 1. The standard InChI is InChI=1S/C14H28O3/c1-13(2,3)16-10-7-8-12(15)9-11-17-14(4,5)6/h7-11H2,1-6H3. The van der Waals surface area contributed by atoms with Crippen molar-refractivity contribution < 1.29 is 14.3 Å². The lowest BCUT2D eigenvalue weighted by Gasteiger charge is -2.20. The van der Waals surface area contributed by atoms with Crippen LogP contribution in [0.5, 0.6) is 0 Å². The van der Waals surface area contributed by atoms with Gasteiger partial charge in [0.25, 0.3) is 0 Å². The van der Waals surface area contributed by atoms with Gasteiger partial charge >= 0.3 is 0 Å². The van der Waals surface area contributed by atoms with Gasteiger partial charge in [-0.05, 0) is 48.0 Å². The summed E-state index contributed by atoms with van der Waals surface area (Å²) in [5, 5.41) is 0. The van der Waals surface area contributed by atoms with E-state index in [1.807, 2.05) is 41.5 Å². The summed E-state index contributed by atoms with van der Waals surface area (Å²) in [7, 11) is 0. The molecule has 0 aliphatic rings. The van der Waals surface area contributed by atoms with Gasteiger partial charge in [-0.25, -0.2) is 0 Å². The lowest BCUT2D eigenvalue weighted by Crippen LogP contribution is -2.21. The van der Waals surface area contributed by atoms with Gasteiger partial charge in [-0.3, -0.25) is 4.79 Å². The van der Waals surface area contributed by atoms with Gasteiger partial charge in [-0.1, -0.05) is 0 Å². The van der Waals surface area contributed by atoms with Gasteiger partial charge in [0, 0.05) is 19.4 Å². The molecule has 0 aliphatic carbocycles. The van der Waals surface area contributed by atoms with Crippen LogP contribution >= 0.6 is 0 Å². The van der Waals surface area contributed by atoms with Gasteiger partial charge in [0.2, 0.25) is 0 Å². The molecule has 0 amide bonds. The van der Waals surface area contributed by atoms with E-state index < -0.39 is 0 Å². The monoisotopic (exact) mass is 244 g/mol. The summed E-state index contributed by atoms with van der Waals surface area (Å²) in [5.74, 6) is 0.256. The maximum atomic E-state index is 11.5. The molecule has 0 bridgehead atoms. The molecule has 102 valence electrons. The Balaban J connectivity index is 3.48. The van der Waals surface area contributed by atoms with Crippen LogP contribution < -0.4 is 0 Å². The van der Waals surface area contributed by atoms with Crippen LogP contribution in [0.1, 0.15) is 60.8 Å². The van der Waals surface area contributed by atoms with Gasteiger partial charge in [0.15, 0.2) is 0 Å². The second-order valence-electron chi connectivity index (χ2n) is 6.31. The largest absolute Gasteiger partial charge is 0.376 e. The molecule has 0 aromatic carbocycles. The van der Waals surface area contributed by atoms with Crippen molar-refractivity contribution >= 4 is 5.78 Å². The Labute approximate surface area is 106 Å². The summed E-state index contributed by atoms with van der Waals surface area (Å²) < 4.78 is 11.1. The highest BCUT2D eigenvalue weighted by atomic mass is 16.5. The average Bonchev–Trinajstić information content (AvgIpc) is 2.09. The SMILES string of the molecule is CC(C)(C)OCCCC(=O)CCOC(C)(C)C. The van der Waals surface area contributed by atoms with Crippen molar-refractivity contribution in [1.29, 1.82) is 0 Å². The van der Waals surface area contributed by atoms with E-state index in [1.165, 1.54) is 0 Å². The van der Waals surface area contributed by atoms with Gasteiger partial charge in [-0.2, -0.15) is 0 Å². The molecule has 17 heavy (non-hydrogen) atoms. The Morgan fingerprint density at radius 2 is 1.29 bits per heavy atom. The third-order valence-electron chi connectivity index (χ3n) is 2.05. The second kappa shape index (κ2) is 7.12. The first-order valence-electron chi connectivity index (χ1n) is 6.40. The van der Waals surface area contributed by atoms with Crippen molar-refractivity contribution in [3.63, 3.8) is 0 Å². The lowest BCUT2D eigenvalue weighted by atomic mass is 10.1. The summed E-state index contributed by atoms with van der Waals surface area (Å²) in [6, 6.07) is 0. The van der Waals surface area contributed by atoms with Crippen molar-refractivity contribution in [2.75, 3.05) is 13.2 Å². The molecule has 0 aromatic rings. The summed E-state index contributed by atoms with van der Waals surface area (Å²) in [6.45, 7) is 13.2. The van der Waals surface area contributed by atoms with Crippen molar-refractivity contribution in [3.05, 3.63) is 0 Å². The zero-order valence-electron chi connectivity index (χ0n) is 12.3. The number of hydrogen-bond donors (Lipinski definition) is 0. The molecule has 0 heterocycles. The molecule has 0 unspecified atom stereocenters. The van der Waals surface area contributed by atoms with E-state index in [4.69, 9.17) is 9.47 Å². The van der Waals surface area contributed by atoms with E-state index in [1.54, 1.807) is 0 Å². The van der Waals surface area contributed by atoms with Crippen molar-refractivity contribution in [2.45, 2.75) is 72.0 Å². The van der Waals surface area contributed by atoms with Gasteiger partial charge in [0.1, 0.15) is 5.78 Å². The first-order chi connectivity index (χ1) is 7.60. The third-order valence-corrected chi connectivity index (χ3v) is 2.05. The van der Waals surface area contributed by atoms with Crippen LogP contribution in [0, 0.1) is 0 Å². The minimum atomic E-state index is -0.157. The number of ketones is 1. The van der Waals surface area contributed by atoms with Crippen LogP contribution in [-0.4, -0.2) is 30.2 Å². The van der Waals surface area contributed by atoms with E-state index in [0.29, 0.717) is 26.1 Å². The molecule has 0 aliphatic heterocycles. The van der Waals surface area contributed by atoms with Crippen LogP contribution in [0.4, 0.5) is 0 Å². The summed E-state index contributed by atoms with van der Waals surface area (Å²) in [5.41, 5.74) is -0.270. The van der Waals surface area contributed by atoms with Gasteiger partial charge in [0.05, 0.1) is 17.8 Å². The van der Waals surface area contributed by atoms with Gasteiger partial charge in [-0.15, -0.1) is 0 Å². The van der Waals surface area contributed by atoms with E-state index in [9.17, 15) is 4.79 Å². The molecule has 0 saturated heterocycles. The molecule has 0 rings (SSSR count).